The van der Waals surface area contributed by atoms with Crippen LogP contribution in [0.3, 0.4) is 0 Å². The third-order valence-corrected chi connectivity index (χ3v) is 6.77. The molecule has 0 aliphatic carbocycles. The molecule has 0 saturated heterocycles. The van der Waals surface area contributed by atoms with Crippen molar-refractivity contribution in [2.75, 3.05) is 0 Å². The lowest BCUT2D eigenvalue weighted by atomic mass is 10.1. The number of rotatable bonds is 7. The highest BCUT2D eigenvalue weighted by atomic mass is 35.5. The topological polar surface area (TPSA) is 57.2 Å². The van der Waals surface area contributed by atoms with Gasteiger partial charge in [-0.2, -0.15) is 0 Å². The molecule has 0 aliphatic rings. The summed E-state index contributed by atoms with van der Waals surface area (Å²) in [5, 5.41) is 1.76. The first-order valence-corrected chi connectivity index (χ1v) is 10.6. The molecule has 1 N–H and O–H groups in total. The Morgan fingerprint density at radius 2 is 1.88 bits per heavy atom. The zero-order chi connectivity index (χ0) is 19.6. The zero-order valence-electron chi connectivity index (χ0n) is 16.0. The highest BCUT2D eigenvalue weighted by Gasteiger charge is 2.32. The van der Waals surface area contributed by atoms with E-state index < -0.39 is 11.4 Å². The Labute approximate surface area is 168 Å². The Bertz CT molecular complexity index is 784. The normalized spacial score (nSPS) is 14.7. The molecule has 1 aromatic heterocycles. The summed E-state index contributed by atoms with van der Waals surface area (Å²) in [6.45, 7) is 11.8. The van der Waals surface area contributed by atoms with Crippen LogP contribution in [0.25, 0.3) is 10.9 Å². The SMILES string of the molecule is CCC(C)(C)[S+]([O-])NC(C)c1cc2cc(Cl)c(OC(C)C)cc2nc1Cl. The van der Waals surface area contributed by atoms with Gasteiger partial charge in [0, 0.05) is 28.4 Å². The molecule has 2 atom stereocenters. The van der Waals surface area contributed by atoms with Crippen LogP contribution in [0.1, 0.15) is 59.6 Å². The van der Waals surface area contributed by atoms with Crippen molar-refractivity contribution in [2.24, 2.45) is 0 Å². The number of nitrogens with one attached hydrogen (secondary N) is 1. The fourth-order valence-electron chi connectivity index (χ4n) is 2.33. The Hall–Kier alpha value is -0.720. The van der Waals surface area contributed by atoms with E-state index in [0.29, 0.717) is 21.4 Å². The van der Waals surface area contributed by atoms with E-state index in [1.807, 2.05) is 53.7 Å². The van der Waals surface area contributed by atoms with Crippen molar-refractivity contribution in [3.8, 4) is 5.75 Å². The standard InChI is InChI=1S/C19H26Cl2N2O2S/c1-7-19(5,6)26(24)23-12(4)14-8-13-9-15(20)17(25-11(2)3)10-16(13)22-18(14)21/h8-12,23H,7H2,1-6H3. The van der Waals surface area contributed by atoms with Crippen molar-refractivity contribution in [3.05, 3.63) is 33.9 Å². The van der Waals surface area contributed by atoms with Gasteiger partial charge in [0.15, 0.2) is 0 Å². The predicted molar refractivity (Wildman–Crippen MR) is 112 cm³/mol. The van der Waals surface area contributed by atoms with E-state index in [4.69, 9.17) is 27.9 Å². The molecule has 0 bridgehead atoms. The van der Waals surface area contributed by atoms with E-state index in [1.165, 1.54) is 0 Å². The minimum Gasteiger partial charge on any atom is -0.598 e. The number of pyridine rings is 1. The van der Waals surface area contributed by atoms with Gasteiger partial charge in [0.25, 0.3) is 0 Å². The van der Waals surface area contributed by atoms with Crippen molar-refractivity contribution < 1.29 is 9.29 Å². The monoisotopic (exact) mass is 416 g/mol. The van der Waals surface area contributed by atoms with Crippen molar-refractivity contribution in [1.29, 1.82) is 0 Å². The van der Waals surface area contributed by atoms with Gasteiger partial charge in [0.1, 0.15) is 15.6 Å². The molecule has 2 unspecified atom stereocenters. The summed E-state index contributed by atoms with van der Waals surface area (Å²) in [4.78, 5) is 4.48. The molecular formula is C19H26Cl2N2O2S. The summed E-state index contributed by atoms with van der Waals surface area (Å²) in [7, 11) is 0. The summed E-state index contributed by atoms with van der Waals surface area (Å²) in [5.41, 5.74) is 1.49. The lowest BCUT2D eigenvalue weighted by Gasteiger charge is -2.29. The van der Waals surface area contributed by atoms with Crippen molar-refractivity contribution in [3.63, 3.8) is 0 Å². The maximum atomic E-state index is 12.6. The van der Waals surface area contributed by atoms with Gasteiger partial charge in [-0.15, -0.1) is 4.72 Å². The van der Waals surface area contributed by atoms with Crippen LogP contribution in [0, 0.1) is 0 Å². The quantitative estimate of drug-likeness (QED) is 0.455. The number of nitrogens with zero attached hydrogens (tertiary/aromatic N) is 1. The van der Waals surface area contributed by atoms with Crippen molar-refractivity contribution >= 4 is 45.5 Å². The van der Waals surface area contributed by atoms with Crippen LogP contribution in [0.4, 0.5) is 0 Å². The van der Waals surface area contributed by atoms with Crippen LogP contribution in [-0.2, 0) is 11.4 Å². The maximum absolute atomic E-state index is 12.6. The van der Waals surface area contributed by atoms with E-state index in [0.717, 1.165) is 17.4 Å². The van der Waals surface area contributed by atoms with Crippen LogP contribution in [0.5, 0.6) is 5.75 Å². The third-order valence-electron chi connectivity index (χ3n) is 4.32. The predicted octanol–water partition coefficient (Wildman–Crippen LogP) is 5.83. The largest absolute Gasteiger partial charge is 0.598 e. The van der Waals surface area contributed by atoms with Crippen LogP contribution in [0.15, 0.2) is 18.2 Å². The maximum Gasteiger partial charge on any atom is 0.140 e. The second-order valence-electron chi connectivity index (χ2n) is 7.23. The lowest BCUT2D eigenvalue weighted by Crippen LogP contribution is -2.42. The smallest absolute Gasteiger partial charge is 0.140 e. The highest BCUT2D eigenvalue weighted by molar-refractivity contribution is 7.90. The van der Waals surface area contributed by atoms with Gasteiger partial charge in [0.05, 0.1) is 22.7 Å². The minimum absolute atomic E-state index is 0.0146. The molecule has 0 fully saturated rings. The van der Waals surface area contributed by atoms with E-state index >= 15 is 0 Å². The lowest BCUT2D eigenvalue weighted by molar-refractivity contribution is 0.243. The summed E-state index contributed by atoms with van der Waals surface area (Å²) in [6.07, 6.45) is 0.817. The molecule has 2 aromatic rings. The van der Waals surface area contributed by atoms with Crippen LogP contribution in [-0.4, -0.2) is 20.4 Å². The average Bonchev–Trinajstić information content (AvgIpc) is 2.54. The molecule has 144 valence electrons. The summed E-state index contributed by atoms with van der Waals surface area (Å²) < 4.78 is 21.1. The molecule has 1 aromatic carbocycles. The van der Waals surface area contributed by atoms with Crippen LogP contribution >= 0.6 is 23.2 Å². The number of fused-ring (bicyclic) bond motifs is 1. The zero-order valence-corrected chi connectivity index (χ0v) is 18.4. The Kier molecular flexibility index (Phi) is 7.08. The van der Waals surface area contributed by atoms with E-state index in [1.54, 1.807) is 6.07 Å². The number of benzene rings is 1. The summed E-state index contributed by atoms with van der Waals surface area (Å²) in [6, 6.07) is 5.34. The Balaban J connectivity index is 2.35. The molecule has 4 nitrogen and oxygen atoms in total. The molecule has 7 heteroatoms. The molecule has 0 amide bonds. The minimum atomic E-state index is -1.20. The number of hydrogen-bond acceptors (Lipinski definition) is 4. The van der Waals surface area contributed by atoms with E-state index in [9.17, 15) is 4.55 Å². The van der Waals surface area contributed by atoms with Gasteiger partial charge >= 0.3 is 0 Å². The average molecular weight is 417 g/mol. The molecule has 0 spiro atoms. The van der Waals surface area contributed by atoms with Crippen LogP contribution < -0.4 is 9.46 Å². The molecule has 0 radical (unpaired) electrons. The van der Waals surface area contributed by atoms with E-state index in [-0.39, 0.29) is 16.9 Å². The van der Waals surface area contributed by atoms with Gasteiger partial charge in [-0.1, -0.05) is 30.1 Å². The molecule has 26 heavy (non-hydrogen) atoms. The molecular weight excluding hydrogens is 391 g/mol. The fraction of sp³-hybridized carbons (Fsp3) is 0.526. The molecule has 0 saturated carbocycles. The Morgan fingerprint density at radius 3 is 2.46 bits per heavy atom. The molecule has 0 aliphatic heterocycles. The van der Waals surface area contributed by atoms with Crippen molar-refractivity contribution in [2.45, 2.75) is 64.9 Å². The number of halogens is 2. The van der Waals surface area contributed by atoms with Gasteiger partial charge in [-0.05, 0) is 53.2 Å². The first kappa shape index (κ1) is 21.6. The molecule has 1 heterocycles. The first-order chi connectivity index (χ1) is 12.0. The van der Waals surface area contributed by atoms with Gasteiger partial charge < -0.3 is 9.29 Å². The number of ether oxygens (including phenoxy) is 1. The first-order valence-electron chi connectivity index (χ1n) is 8.69. The number of aromatic nitrogens is 1. The van der Waals surface area contributed by atoms with Crippen LogP contribution in [0.2, 0.25) is 10.2 Å². The second kappa shape index (κ2) is 8.53. The summed E-state index contributed by atoms with van der Waals surface area (Å²) >= 11 is 11.5. The van der Waals surface area contributed by atoms with Gasteiger partial charge in [0.2, 0.25) is 0 Å². The molecule has 2 rings (SSSR count). The third kappa shape index (κ3) is 4.96. The Morgan fingerprint density at radius 1 is 1.23 bits per heavy atom. The van der Waals surface area contributed by atoms with E-state index in [2.05, 4.69) is 9.71 Å². The van der Waals surface area contributed by atoms with Crippen molar-refractivity contribution in [1.82, 2.24) is 9.71 Å². The highest BCUT2D eigenvalue weighted by Crippen LogP contribution is 2.34. The second-order valence-corrected chi connectivity index (χ2v) is 9.88. The summed E-state index contributed by atoms with van der Waals surface area (Å²) in [5.74, 6) is 0.586. The number of hydrogen-bond donors (Lipinski definition) is 1. The van der Waals surface area contributed by atoms with Gasteiger partial charge in [-0.3, -0.25) is 0 Å². The van der Waals surface area contributed by atoms with Gasteiger partial charge in [-0.25, -0.2) is 4.98 Å². The fourth-order valence-corrected chi connectivity index (χ4v) is 3.89.